The Morgan fingerprint density at radius 3 is 2.80 bits per heavy atom. The van der Waals surface area contributed by atoms with E-state index in [0.29, 0.717) is 0 Å². The molecule has 84 valence electrons. The van der Waals surface area contributed by atoms with Gasteiger partial charge in [0.15, 0.2) is 0 Å². The largest absolute Gasteiger partial charge is 0.268 e. The summed E-state index contributed by atoms with van der Waals surface area (Å²) in [5, 5.41) is 4.90. The number of nitrogens with zero attached hydrogens (tertiary/aromatic N) is 3. The summed E-state index contributed by atoms with van der Waals surface area (Å²) >= 11 is 0. The number of hydrogen-bond acceptors (Lipinski definition) is 3. The molecule has 1 fully saturated rings. The van der Waals surface area contributed by atoms with Gasteiger partial charge in [-0.3, -0.25) is 4.99 Å². The number of hydrogen-bond donors (Lipinski definition) is 0. The SMILES string of the molecule is CCCCC1=NCC2(CCCC2)N1N=O. The molecule has 2 aliphatic rings. The monoisotopic (exact) mass is 209 g/mol. The minimum Gasteiger partial charge on any atom is -0.268 e. The van der Waals surface area contributed by atoms with Crippen molar-refractivity contribution < 1.29 is 0 Å². The third-order valence-corrected chi connectivity index (χ3v) is 3.62. The third-order valence-electron chi connectivity index (χ3n) is 3.62. The maximum atomic E-state index is 10.9. The standard InChI is InChI=1S/C11H19N3O/c1-2-3-6-10-12-9-11(14(10)13-15)7-4-5-8-11/h2-9H2,1H3. The molecule has 2 rings (SSSR count). The first-order valence-electron chi connectivity index (χ1n) is 5.99. The predicted octanol–water partition coefficient (Wildman–Crippen LogP) is 2.88. The van der Waals surface area contributed by atoms with E-state index in [9.17, 15) is 4.91 Å². The summed E-state index contributed by atoms with van der Waals surface area (Å²) in [5.74, 6) is 0.925. The molecule has 0 radical (unpaired) electrons. The van der Waals surface area contributed by atoms with Gasteiger partial charge in [-0.2, -0.15) is 0 Å². The van der Waals surface area contributed by atoms with Gasteiger partial charge >= 0.3 is 0 Å². The van der Waals surface area contributed by atoms with Gasteiger partial charge in [0.2, 0.25) is 0 Å². The van der Waals surface area contributed by atoms with Crippen molar-refractivity contribution >= 4 is 5.84 Å². The van der Waals surface area contributed by atoms with E-state index in [4.69, 9.17) is 0 Å². The van der Waals surface area contributed by atoms with Crippen LogP contribution in [0.5, 0.6) is 0 Å². The second-order valence-corrected chi connectivity index (χ2v) is 4.66. The van der Waals surface area contributed by atoms with E-state index in [1.54, 1.807) is 5.01 Å². The lowest BCUT2D eigenvalue weighted by Crippen LogP contribution is -2.43. The van der Waals surface area contributed by atoms with Crippen molar-refractivity contribution in [2.75, 3.05) is 6.54 Å². The lowest BCUT2D eigenvalue weighted by atomic mass is 9.98. The zero-order valence-electron chi connectivity index (χ0n) is 9.41. The van der Waals surface area contributed by atoms with Crippen molar-refractivity contribution in [2.45, 2.75) is 57.4 Å². The van der Waals surface area contributed by atoms with Crippen LogP contribution in [0.4, 0.5) is 0 Å². The Hall–Kier alpha value is -0.930. The molecule has 1 spiro atoms. The molecule has 0 bridgehead atoms. The Morgan fingerprint density at radius 2 is 2.20 bits per heavy atom. The van der Waals surface area contributed by atoms with Crippen LogP contribution in [0.25, 0.3) is 0 Å². The lowest BCUT2D eigenvalue weighted by molar-refractivity contribution is 0.209. The fraction of sp³-hybridized carbons (Fsp3) is 0.909. The van der Waals surface area contributed by atoms with Gasteiger partial charge in [-0.15, -0.1) is 4.91 Å². The van der Waals surface area contributed by atoms with Gasteiger partial charge < -0.3 is 0 Å². The highest BCUT2D eigenvalue weighted by Gasteiger charge is 2.45. The quantitative estimate of drug-likeness (QED) is 0.668. The van der Waals surface area contributed by atoms with Crippen LogP contribution in [0, 0.1) is 4.91 Å². The summed E-state index contributed by atoms with van der Waals surface area (Å²) in [6, 6.07) is 0. The molecule has 0 aromatic rings. The maximum absolute atomic E-state index is 10.9. The molecular weight excluding hydrogens is 190 g/mol. The summed E-state index contributed by atoms with van der Waals surface area (Å²) in [6.07, 6.45) is 7.73. The van der Waals surface area contributed by atoms with Crippen molar-refractivity contribution in [3.05, 3.63) is 4.91 Å². The second kappa shape index (κ2) is 4.29. The molecule has 15 heavy (non-hydrogen) atoms. The van der Waals surface area contributed by atoms with E-state index >= 15 is 0 Å². The minimum absolute atomic E-state index is 0.0230. The first-order chi connectivity index (χ1) is 7.32. The van der Waals surface area contributed by atoms with Crippen LogP contribution in [0.3, 0.4) is 0 Å². The van der Waals surface area contributed by atoms with Crippen molar-refractivity contribution in [2.24, 2.45) is 10.3 Å². The summed E-state index contributed by atoms with van der Waals surface area (Å²) in [4.78, 5) is 15.4. The number of aliphatic imine (C=N–C) groups is 1. The fourth-order valence-electron chi connectivity index (χ4n) is 2.70. The molecule has 4 nitrogen and oxygen atoms in total. The molecule has 0 aromatic heterocycles. The zero-order valence-corrected chi connectivity index (χ0v) is 9.41. The molecule has 4 heteroatoms. The fourth-order valence-corrected chi connectivity index (χ4v) is 2.70. The van der Waals surface area contributed by atoms with Crippen molar-refractivity contribution in [3.8, 4) is 0 Å². The topological polar surface area (TPSA) is 45.0 Å². The summed E-state index contributed by atoms with van der Waals surface area (Å²) in [5.41, 5.74) is -0.0230. The Labute approximate surface area is 90.7 Å². The normalized spacial score (nSPS) is 23.5. The highest BCUT2D eigenvalue weighted by Crippen LogP contribution is 2.39. The summed E-state index contributed by atoms with van der Waals surface area (Å²) < 4.78 is 0. The molecule has 0 saturated heterocycles. The number of rotatable bonds is 4. The molecular formula is C11H19N3O. The van der Waals surface area contributed by atoms with Crippen LogP contribution >= 0.6 is 0 Å². The number of amidine groups is 1. The van der Waals surface area contributed by atoms with Crippen LogP contribution in [0.2, 0.25) is 0 Å². The molecule has 0 amide bonds. The van der Waals surface area contributed by atoms with Gasteiger partial charge in [0.05, 0.1) is 17.4 Å². The summed E-state index contributed by atoms with van der Waals surface area (Å²) in [7, 11) is 0. The average Bonchev–Trinajstić information content (AvgIpc) is 2.84. The lowest BCUT2D eigenvalue weighted by Gasteiger charge is -2.29. The first kappa shape index (κ1) is 10.6. The molecule has 1 heterocycles. The molecule has 1 aliphatic carbocycles. The van der Waals surface area contributed by atoms with Gasteiger partial charge in [0.1, 0.15) is 5.84 Å². The van der Waals surface area contributed by atoms with E-state index < -0.39 is 0 Å². The van der Waals surface area contributed by atoms with Crippen LogP contribution in [0.1, 0.15) is 51.9 Å². The smallest absolute Gasteiger partial charge is 0.124 e. The van der Waals surface area contributed by atoms with Gasteiger partial charge in [-0.05, 0) is 19.3 Å². The van der Waals surface area contributed by atoms with Crippen molar-refractivity contribution in [1.82, 2.24) is 5.01 Å². The molecule has 0 atom stereocenters. The van der Waals surface area contributed by atoms with Crippen LogP contribution in [-0.4, -0.2) is 22.9 Å². The Balaban J connectivity index is 2.05. The summed E-state index contributed by atoms with van der Waals surface area (Å²) in [6.45, 7) is 2.94. The van der Waals surface area contributed by atoms with Crippen LogP contribution < -0.4 is 0 Å². The average molecular weight is 209 g/mol. The number of nitroso groups, excluding NO2 is 1. The van der Waals surface area contributed by atoms with Crippen molar-refractivity contribution in [1.29, 1.82) is 0 Å². The van der Waals surface area contributed by atoms with Crippen LogP contribution in [-0.2, 0) is 0 Å². The van der Waals surface area contributed by atoms with E-state index in [0.717, 1.165) is 44.5 Å². The predicted molar refractivity (Wildman–Crippen MR) is 60.7 cm³/mol. The van der Waals surface area contributed by atoms with E-state index in [1.165, 1.54) is 12.8 Å². The molecule has 0 aromatic carbocycles. The third kappa shape index (κ3) is 1.77. The van der Waals surface area contributed by atoms with Gasteiger partial charge in [-0.25, -0.2) is 5.01 Å². The highest BCUT2D eigenvalue weighted by molar-refractivity contribution is 5.84. The van der Waals surface area contributed by atoms with Gasteiger partial charge in [0.25, 0.3) is 0 Å². The molecule has 1 saturated carbocycles. The van der Waals surface area contributed by atoms with Crippen molar-refractivity contribution in [3.63, 3.8) is 0 Å². The molecule has 0 N–H and O–H groups in total. The van der Waals surface area contributed by atoms with Gasteiger partial charge in [0, 0.05) is 6.42 Å². The Morgan fingerprint density at radius 1 is 1.47 bits per heavy atom. The van der Waals surface area contributed by atoms with E-state index in [-0.39, 0.29) is 5.54 Å². The first-order valence-corrected chi connectivity index (χ1v) is 5.99. The zero-order chi connectivity index (χ0) is 10.7. The molecule has 0 unspecified atom stereocenters. The van der Waals surface area contributed by atoms with Gasteiger partial charge in [-0.1, -0.05) is 26.2 Å². The Bertz CT molecular complexity index is 269. The van der Waals surface area contributed by atoms with E-state index in [2.05, 4.69) is 17.2 Å². The second-order valence-electron chi connectivity index (χ2n) is 4.66. The highest BCUT2D eigenvalue weighted by atomic mass is 16.3. The minimum atomic E-state index is -0.0230. The Kier molecular flexibility index (Phi) is 3.03. The maximum Gasteiger partial charge on any atom is 0.124 e. The number of unbranched alkanes of at least 4 members (excludes halogenated alkanes) is 1. The van der Waals surface area contributed by atoms with E-state index in [1.807, 2.05) is 0 Å². The van der Waals surface area contributed by atoms with Crippen LogP contribution in [0.15, 0.2) is 10.3 Å². The molecule has 1 aliphatic heterocycles.